The number of allylic oxidation sites excluding steroid dienone is 2. The molecule has 1 atom stereocenters. The van der Waals surface area contributed by atoms with Gasteiger partial charge in [-0.3, -0.25) is 4.90 Å². The molecule has 1 unspecified atom stereocenters. The maximum atomic E-state index is 12.1. The van der Waals surface area contributed by atoms with Crippen molar-refractivity contribution in [2.24, 2.45) is 0 Å². The van der Waals surface area contributed by atoms with Gasteiger partial charge in [0.2, 0.25) is 0 Å². The highest BCUT2D eigenvalue weighted by atomic mass is 35.5. The maximum absolute atomic E-state index is 12.1. The molecule has 1 aromatic rings. The molecular formula is C17H18ClNO3. The van der Waals surface area contributed by atoms with Gasteiger partial charge in [0.15, 0.2) is 0 Å². The van der Waals surface area contributed by atoms with E-state index in [0.29, 0.717) is 10.8 Å². The van der Waals surface area contributed by atoms with Gasteiger partial charge in [-0.15, -0.1) is 0 Å². The van der Waals surface area contributed by atoms with Gasteiger partial charge in [-0.1, -0.05) is 24.3 Å². The lowest BCUT2D eigenvalue weighted by atomic mass is 10.1. The number of methoxy groups -OCH3 is 1. The molecule has 1 aliphatic rings. The third kappa shape index (κ3) is 3.34. The van der Waals surface area contributed by atoms with Gasteiger partial charge in [0.05, 0.1) is 13.2 Å². The van der Waals surface area contributed by atoms with Crippen molar-refractivity contribution in [2.75, 3.05) is 18.6 Å². The third-order valence-corrected chi connectivity index (χ3v) is 3.68. The van der Waals surface area contributed by atoms with Gasteiger partial charge in [-0.2, -0.15) is 0 Å². The number of nitrogens with zero attached hydrogens (tertiary/aromatic N) is 1. The minimum absolute atomic E-state index is 0.253. The Kier molecular flexibility index (Phi) is 5.28. The average Bonchev–Trinajstić information content (AvgIpc) is 2.91. The monoisotopic (exact) mass is 319 g/mol. The zero-order chi connectivity index (χ0) is 16.1. The molecule has 5 heteroatoms. The van der Waals surface area contributed by atoms with Crippen LogP contribution in [0.1, 0.15) is 6.92 Å². The van der Waals surface area contributed by atoms with Gasteiger partial charge in [0.25, 0.3) is 0 Å². The van der Waals surface area contributed by atoms with Gasteiger partial charge in [-0.05, 0) is 48.9 Å². The van der Waals surface area contributed by atoms with Gasteiger partial charge in [0, 0.05) is 10.7 Å². The van der Waals surface area contributed by atoms with Crippen molar-refractivity contribution in [3.05, 3.63) is 65.4 Å². The van der Waals surface area contributed by atoms with Crippen LogP contribution in [0.2, 0.25) is 5.02 Å². The molecular weight excluding hydrogens is 302 g/mol. The molecule has 1 saturated heterocycles. The molecule has 0 saturated carbocycles. The molecule has 1 heterocycles. The van der Waals surface area contributed by atoms with E-state index in [1.165, 1.54) is 0 Å². The summed E-state index contributed by atoms with van der Waals surface area (Å²) in [5.74, 6) is 0.699. The van der Waals surface area contributed by atoms with Crippen LogP contribution in [0.5, 0.6) is 0 Å². The highest BCUT2D eigenvalue weighted by molar-refractivity contribution is 6.30. The van der Waals surface area contributed by atoms with Gasteiger partial charge in [0.1, 0.15) is 12.4 Å². The van der Waals surface area contributed by atoms with Crippen molar-refractivity contribution in [3.8, 4) is 0 Å². The van der Waals surface area contributed by atoms with Crippen LogP contribution in [0.3, 0.4) is 0 Å². The summed E-state index contributed by atoms with van der Waals surface area (Å²) in [4.78, 5) is 13.7. The predicted octanol–water partition coefficient (Wildman–Crippen LogP) is 4.33. The van der Waals surface area contributed by atoms with Gasteiger partial charge < -0.3 is 9.47 Å². The van der Waals surface area contributed by atoms with Crippen molar-refractivity contribution in [1.82, 2.24) is 0 Å². The second kappa shape index (κ2) is 7.18. The largest absolute Gasteiger partial charge is 0.497 e. The fourth-order valence-electron chi connectivity index (χ4n) is 2.27. The highest BCUT2D eigenvalue weighted by Gasteiger charge is 2.35. The normalized spacial score (nSPS) is 19.1. The van der Waals surface area contributed by atoms with Crippen molar-refractivity contribution in [1.29, 1.82) is 0 Å². The smallest absolute Gasteiger partial charge is 0.415 e. The van der Waals surface area contributed by atoms with Gasteiger partial charge >= 0.3 is 6.09 Å². The molecule has 22 heavy (non-hydrogen) atoms. The van der Waals surface area contributed by atoms with Crippen LogP contribution in [0, 0.1) is 0 Å². The maximum Gasteiger partial charge on any atom is 0.415 e. The number of hydrogen-bond donors (Lipinski definition) is 0. The molecule has 0 N–H and O–H groups in total. The first-order valence-corrected chi connectivity index (χ1v) is 7.24. The molecule has 0 aromatic heterocycles. The van der Waals surface area contributed by atoms with Crippen LogP contribution in [0.4, 0.5) is 10.5 Å². The minimum Gasteiger partial charge on any atom is -0.497 e. The summed E-state index contributed by atoms with van der Waals surface area (Å²) in [5.41, 5.74) is 1.57. The fraction of sp³-hybridized carbons (Fsp3) is 0.235. The van der Waals surface area contributed by atoms with E-state index in [1.54, 1.807) is 42.4 Å². The molecule has 2 rings (SSSR count). The third-order valence-electron chi connectivity index (χ3n) is 3.43. The van der Waals surface area contributed by atoms with E-state index in [9.17, 15) is 4.79 Å². The van der Waals surface area contributed by atoms with E-state index < -0.39 is 0 Å². The summed E-state index contributed by atoms with van der Waals surface area (Å²) in [5, 5.41) is 0.614. The Hall–Kier alpha value is -2.20. The first-order valence-electron chi connectivity index (χ1n) is 6.86. The van der Waals surface area contributed by atoms with Crippen LogP contribution in [0.25, 0.3) is 0 Å². The molecule has 1 aliphatic heterocycles. The number of carbonyl (C=O) groups is 1. The first-order chi connectivity index (χ1) is 10.6. The van der Waals surface area contributed by atoms with Crippen molar-refractivity contribution < 1.29 is 14.3 Å². The molecule has 4 nitrogen and oxygen atoms in total. The molecule has 1 aromatic carbocycles. The number of rotatable bonds is 5. The summed E-state index contributed by atoms with van der Waals surface area (Å²) in [7, 11) is 1.60. The van der Waals surface area contributed by atoms with Crippen molar-refractivity contribution in [3.63, 3.8) is 0 Å². The zero-order valence-electron chi connectivity index (χ0n) is 12.6. The summed E-state index contributed by atoms with van der Waals surface area (Å²) in [6, 6.07) is 6.80. The Balaban J connectivity index is 2.37. The lowest BCUT2D eigenvalue weighted by molar-refractivity contribution is 0.179. The van der Waals surface area contributed by atoms with Crippen LogP contribution in [-0.2, 0) is 9.47 Å². The van der Waals surface area contributed by atoms with Crippen LogP contribution < -0.4 is 4.90 Å². The number of anilines is 1. The number of halogens is 1. The van der Waals surface area contributed by atoms with E-state index in [-0.39, 0.29) is 18.7 Å². The van der Waals surface area contributed by atoms with E-state index in [4.69, 9.17) is 21.1 Å². The van der Waals surface area contributed by atoms with Gasteiger partial charge in [-0.25, -0.2) is 4.79 Å². The number of carbonyl (C=O) groups excluding carboxylic acids is 1. The van der Waals surface area contributed by atoms with Crippen molar-refractivity contribution >= 4 is 23.4 Å². The highest BCUT2D eigenvalue weighted by Crippen LogP contribution is 2.29. The standard InChI is InChI=1S/C17H18ClNO3/c1-4-12(10-15(5-2)21-3)16-11-22-17(20)19(16)14-8-6-13(18)7-9-14/h4-10,16H,1,11H2,2-3H3/b12-10+,15-5+. The van der Waals surface area contributed by atoms with E-state index in [0.717, 1.165) is 11.3 Å². The quantitative estimate of drug-likeness (QED) is 0.599. The Labute approximate surface area is 135 Å². The predicted molar refractivity (Wildman–Crippen MR) is 88.1 cm³/mol. The fourth-order valence-corrected chi connectivity index (χ4v) is 2.40. The molecule has 0 aliphatic carbocycles. The van der Waals surface area contributed by atoms with Crippen molar-refractivity contribution in [2.45, 2.75) is 13.0 Å². The second-order valence-corrected chi connectivity index (χ2v) is 5.12. The topological polar surface area (TPSA) is 38.8 Å². The summed E-state index contributed by atoms with van der Waals surface area (Å²) < 4.78 is 10.4. The number of amides is 1. The summed E-state index contributed by atoms with van der Waals surface area (Å²) in [6.07, 6.45) is 5.01. The first kappa shape index (κ1) is 16.2. The number of hydrogen-bond acceptors (Lipinski definition) is 3. The average molecular weight is 320 g/mol. The van der Waals surface area contributed by atoms with E-state index in [2.05, 4.69) is 6.58 Å². The van der Waals surface area contributed by atoms with E-state index >= 15 is 0 Å². The lowest BCUT2D eigenvalue weighted by Gasteiger charge is -2.22. The number of benzene rings is 1. The molecule has 1 amide bonds. The summed E-state index contributed by atoms with van der Waals surface area (Å²) >= 11 is 5.90. The summed E-state index contributed by atoms with van der Waals surface area (Å²) in [6.45, 7) is 5.97. The van der Waals surface area contributed by atoms with Crippen LogP contribution >= 0.6 is 11.6 Å². The minimum atomic E-state index is -0.389. The Morgan fingerprint density at radius 2 is 2.14 bits per heavy atom. The molecule has 0 radical (unpaired) electrons. The molecule has 1 fully saturated rings. The Morgan fingerprint density at radius 1 is 1.45 bits per heavy atom. The number of ether oxygens (including phenoxy) is 2. The Morgan fingerprint density at radius 3 is 2.68 bits per heavy atom. The zero-order valence-corrected chi connectivity index (χ0v) is 13.3. The molecule has 116 valence electrons. The molecule has 0 spiro atoms. The molecule has 0 bridgehead atoms. The van der Waals surface area contributed by atoms with Crippen LogP contribution in [-0.4, -0.2) is 25.9 Å². The number of cyclic esters (lactones) is 1. The Bertz CT molecular complexity index is 619. The van der Waals surface area contributed by atoms with E-state index in [1.807, 2.05) is 19.1 Å². The lowest BCUT2D eigenvalue weighted by Crippen LogP contribution is -2.34. The van der Waals surface area contributed by atoms with Crippen LogP contribution in [0.15, 0.2) is 60.4 Å². The SMILES string of the molecule is C=C/C(=C\C(=C/C)OC)C1COC(=O)N1c1ccc(Cl)cc1. The second-order valence-electron chi connectivity index (χ2n) is 4.68.